The molecular weight excluding hydrogens is 252 g/mol. The number of benzene rings is 1. The summed E-state index contributed by atoms with van der Waals surface area (Å²) in [5, 5.41) is 1.02. The number of hydrogen-bond acceptors (Lipinski definition) is 4. The molecule has 0 aliphatic carbocycles. The molecule has 5 N–H and O–H groups in total. The lowest BCUT2D eigenvalue weighted by Crippen LogP contribution is -2.08. The fourth-order valence-corrected chi connectivity index (χ4v) is 1.81. The number of anilines is 1. The predicted molar refractivity (Wildman–Crippen MR) is 83.6 cm³/mol. The van der Waals surface area contributed by atoms with Crippen LogP contribution in [0, 0.1) is 0 Å². The van der Waals surface area contributed by atoms with Gasteiger partial charge in [-0.3, -0.25) is 0 Å². The van der Waals surface area contributed by atoms with Crippen LogP contribution in [0.25, 0.3) is 10.9 Å². The van der Waals surface area contributed by atoms with E-state index in [-0.39, 0.29) is 0 Å². The number of aromatic nitrogens is 1. The van der Waals surface area contributed by atoms with E-state index in [1.54, 1.807) is 12.2 Å². The Kier molecular flexibility index (Phi) is 4.44. The third-order valence-corrected chi connectivity index (χ3v) is 2.69. The fraction of sp³-hybridized carbons (Fsp3) is 0.133. The molecule has 0 aliphatic rings. The Balaban J connectivity index is 2.33. The highest BCUT2D eigenvalue weighted by molar-refractivity contribution is 5.98. The number of ether oxygens (including phenoxy) is 1. The lowest BCUT2D eigenvalue weighted by Gasteiger charge is -2.04. The summed E-state index contributed by atoms with van der Waals surface area (Å²) >= 11 is 0. The monoisotopic (exact) mass is 270 g/mol. The minimum atomic E-state index is 0.392. The minimum Gasteiger partial charge on any atom is -0.472 e. The Morgan fingerprint density at radius 1 is 1.40 bits per heavy atom. The molecule has 0 amide bonds. The molecule has 0 atom stereocenters. The predicted octanol–water partition coefficient (Wildman–Crippen LogP) is 2.17. The average molecular weight is 270 g/mol. The van der Waals surface area contributed by atoms with Gasteiger partial charge in [0, 0.05) is 16.6 Å². The van der Waals surface area contributed by atoms with Gasteiger partial charge in [0.15, 0.2) is 0 Å². The van der Waals surface area contributed by atoms with Crippen molar-refractivity contribution in [3.63, 3.8) is 0 Å². The number of nitrogens with zero attached hydrogens (tertiary/aromatic N) is 1. The van der Waals surface area contributed by atoms with E-state index in [0.29, 0.717) is 19.0 Å². The van der Waals surface area contributed by atoms with Gasteiger partial charge in [-0.2, -0.15) is 0 Å². The molecule has 0 saturated carbocycles. The molecule has 2 aromatic rings. The van der Waals surface area contributed by atoms with Crippen molar-refractivity contribution in [2.45, 2.75) is 0 Å². The van der Waals surface area contributed by atoms with Crippen LogP contribution >= 0.6 is 0 Å². The second-order valence-electron chi connectivity index (χ2n) is 4.20. The highest BCUT2D eigenvalue weighted by Crippen LogP contribution is 2.19. The van der Waals surface area contributed by atoms with Crippen LogP contribution in [0.3, 0.4) is 0 Å². The third kappa shape index (κ3) is 3.20. The number of fused-ring (bicyclic) bond motifs is 1. The Morgan fingerprint density at radius 3 is 3.00 bits per heavy atom. The number of H-pyrrole nitrogens is 1. The number of hydrogen-bond donors (Lipinski definition) is 3. The largest absolute Gasteiger partial charge is 0.472 e. The van der Waals surface area contributed by atoms with E-state index in [9.17, 15) is 0 Å². The lowest BCUT2D eigenvalue weighted by molar-refractivity contribution is 0.350. The van der Waals surface area contributed by atoms with E-state index in [1.807, 2.05) is 24.3 Å². The first kappa shape index (κ1) is 13.7. The van der Waals surface area contributed by atoms with Crippen molar-refractivity contribution in [2.24, 2.45) is 10.7 Å². The summed E-state index contributed by atoms with van der Waals surface area (Å²) in [5.41, 5.74) is 13.6. The Bertz CT molecular complexity index is 655. The highest BCUT2D eigenvalue weighted by atomic mass is 16.5. The molecule has 104 valence electrons. The number of nitrogens with two attached hydrogens (primary N) is 2. The van der Waals surface area contributed by atoms with Crippen LogP contribution in [0.15, 0.2) is 54.2 Å². The standard InChI is InChI=1S/C15H18N4O/c1-2-8-20-15(18-7-3-6-16)14-10-11-9-12(17)4-5-13(11)19-14/h2-6,9-10,19H,1,7-8,16-17H2/b6-3+,18-15?. The maximum Gasteiger partial charge on any atom is 0.233 e. The van der Waals surface area contributed by atoms with Crippen LogP contribution < -0.4 is 11.5 Å². The van der Waals surface area contributed by atoms with Crippen molar-refractivity contribution < 1.29 is 4.74 Å². The number of nitrogen functional groups attached to an aromatic ring is 1. The van der Waals surface area contributed by atoms with Crippen LogP contribution in [0.4, 0.5) is 5.69 Å². The Labute approximate surface area is 117 Å². The molecule has 1 aromatic carbocycles. The van der Waals surface area contributed by atoms with Gasteiger partial charge in [-0.25, -0.2) is 4.99 Å². The highest BCUT2D eigenvalue weighted by Gasteiger charge is 2.08. The zero-order valence-electron chi connectivity index (χ0n) is 11.2. The van der Waals surface area contributed by atoms with Gasteiger partial charge >= 0.3 is 0 Å². The summed E-state index contributed by atoms with van der Waals surface area (Å²) < 4.78 is 5.58. The molecule has 1 aromatic heterocycles. The number of aromatic amines is 1. The smallest absolute Gasteiger partial charge is 0.233 e. The van der Waals surface area contributed by atoms with Gasteiger partial charge in [0.2, 0.25) is 5.90 Å². The van der Waals surface area contributed by atoms with Crippen LogP contribution in [0.1, 0.15) is 5.69 Å². The third-order valence-electron chi connectivity index (χ3n) is 2.69. The molecule has 5 heteroatoms. The summed E-state index contributed by atoms with van der Waals surface area (Å²) in [5.74, 6) is 0.526. The molecule has 0 unspecified atom stereocenters. The van der Waals surface area contributed by atoms with Crippen LogP contribution in [0.2, 0.25) is 0 Å². The van der Waals surface area contributed by atoms with Gasteiger partial charge in [0.05, 0.1) is 6.54 Å². The number of nitrogens with one attached hydrogen (secondary N) is 1. The molecule has 0 saturated heterocycles. The summed E-state index contributed by atoms with van der Waals surface area (Å²) in [4.78, 5) is 7.61. The topological polar surface area (TPSA) is 89.4 Å². The van der Waals surface area contributed by atoms with Crippen LogP contribution in [-0.2, 0) is 4.74 Å². The Hall–Kier alpha value is -2.69. The summed E-state index contributed by atoms with van der Waals surface area (Å²) in [6.45, 7) is 4.49. The first-order valence-electron chi connectivity index (χ1n) is 6.28. The zero-order chi connectivity index (χ0) is 14.4. The van der Waals surface area contributed by atoms with Crippen LogP contribution in [0.5, 0.6) is 0 Å². The second kappa shape index (κ2) is 6.47. The molecule has 1 heterocycles. The number of rotatable bonds is 5. The van der Waals surface area contributed by atoms with Crippen molar-refractivity contribution >= 4 is 22.5 Å². The molecule has 0 bridgehead atoms. The second-order valence-corrected chi connectivity index (χ2v) is 4.20. The quantitative estimate of drug-likeness (QED) is 0.336. The van der Waals surface area contributed by atoms with E-state index in [0.717, 1.165) is 22.3 Å². The SMILES string of the molecule is C=CCOC(=NC/C=C/N)c1cc2cc(N)ccc2[nH]1. The molecular formula is C15H18N4O. The zero-order valence-corrected chi connectivity index (χ0v) is 11.2. The molecule has 20 heavy (non-hydrogen) atoms. The van der Waals surface area contributed by atoms with Gasteiger partial charge in [-0.1, -0.05) is 12.7 Å². The van der Waals surface area contributed by atoms with Crippen molar-refractivity contribution in [1.82, 2.24) is 4.98 Å². The van der Waals surface area contributed by atoms with Gasteiger partial charge < -0.3 is 21.2 Å². The maximum atomic E-state index is 5.78. The van der Waals surface area contributed by atoms with Gasteiger partial charge in [-0.05, 0) is 36.5 Å². The van der Waals surface area contributed by atoms with Gasteiger partial charge in [0.1, 0.15) is 12.3 Å². The van der Waals surface area contributed by atoms with Crippen molar-refractivity contribution in [3.05, 3.63) is 54.9 Å². The fourth-order valence-electron chi connectivity index (χ4n) is 1.81. The molecule has 0 spiro atoms. The summed E-state index contributed by atoms with van der Waals surface area (Å²) in [6, 6.07) is 7.64. The summed E-state index contributed by atoms with van der Waals surface area (Å²) in [6.07, 6.45) is 4.88. The first-order chi connectivity index (χ1) is 9.74. The summed E-state index contributed by atoms with van der Waals surface area (Å²) in [7, 11) is 0. The van der Waals surface area contributed by atoms with E-state index in [2.05, 4.69) is 16.6 Å². The normalized spacial score (nSPS) is 12.1. The Morgan fingerprint density at radius 2 is 2.25 bits per heavy atom. The van der Waals surface area contributed by atoms with E-state index >= 15 is 0 Å². The van der Waals surface area contributed by atoms with Gasteiger partial charge in [-0.15, -0.1) is 0 Å². The van der Waals surface area contributed by atoms with Crippen molar-refractivity contribution in [3.8, 4) is 0 Å². The number of aliphatic imine (C=N–C) groups is 1. The molecule has 5 nitrogen and oxygen atoms in total. The average Bonchev–Trinajstić information content (AvgIpc) is 2.85. The van der Waals surface area contributed by atoms with E-state index in [1.165, 1.54) is 6.20 Å². The molecule has 0 aliphatic heterocycles. The minimum absolute atomic E-state index is 0.392. The van der Waals surface area contributed by atoms with Crippen molar-refractivity contribution in [1.29, 1.82) is 0 Å². The van der Waals surface area contributed by atoms with Gasteiger partial charge in [0.25, 0.3) is 0 Å². The van der Waals surface area contributed by atoms with Crippen LogP contribution in [-0.4, -0.2) is 24.0 Å². The van der Waals surface area contributed by atoms with E-state index in [4.69, 9.17) is 16.2 Å². The molecule has 0 radical (unpaired) electrons. The van der Waals surface area contributed by atoms with Crippen molar-refractivity contribution in [2.75, 3.05) is 18.9 Å². The lowest BCUT2D eigenvalue weighted by atomic mass is 10.2. The maximum absolute atomic E-state index is 5.78. The molecule has 2 rings (SSSR count). The molecule has 0 fully saturated rings. The first-order valence-corrected chi connectivity index (χ1v) is 6.28. The van der Waals surface area contributed by atoms with E-state index < -0.39 is 0 Å².